The number of nitrogens with one attached hydrogen (secondary N) is 2. The van der Waals surface area contributed by atoms with Gasteiger partial charge in [0, 0.05) is 24.4 Å². The first kappa shape index (κ1) is 23.9. The minimum atomic E-state index is -3.72. The minimum Gasteiger partial charge on any atom is -0.493 e. The van der Waals surface area contributed by atoms with Crippen molar-refractivity contribution in [3.8, 4) is 11.5 Å². The number of halogens is 1. The first-order valence-electron chi connectivity index (χ1n) is 9.39. The summed E-state index contributed by atoms with van der Waals surface area (Å²) in [5, 5.41) is 12.2. The Morgan fingerprint density at radius 2 is 1.78 bits per heavy atom. The maximum absolute atomic E-state index is 12.2. The molecule has 0 fully saturated rings. The van der Waals surface area contributed by atoms with Gasteiger partial charge in [-0.15, -0.1) is 10.2 Å². The number of benzene rings is 2. The highest BCUT2D eigenvalue weighted by atomic mass is 35.5. The Bertz CT molecular complexity index is 1180. The Morgan fingerprint density at radius 3 is 2.47 bits per heavy atom. The molecule has 0 aliphatic heterocycles. The molecule has 1 amide bonds. The van der Waals surface area contributed by atoms with Crippen molar-refractivity contribution in [2.24, 2.45) is 0 Å². The quantitative estimate of drug-likeness (QED) is 0.442. The highest BCUT2D eigenvalue weighted by molar-refractivity contribution is 7.89. The fraction of sp³-hybridized carbons (Fsp3) is 0.250. The summed E-state index contributed by atoms with van der Waals surface area (Å²) >= 11 is 7.01. The second-order valence-corrected chi connectivity index (χ2v) is 9.78. The van der Waals surface area contributed by atoms with Crippen LogP contribution < -0.4 is 19.5 Å². The average Bonchev–Trinajstić information content (AvgIpc) is 3.20. The second kappa shape index (κ2) is 10.7. The summed E-state index contributed by atoms with van der Waals surface area (Å²) in [7, 11) is -0.586. The van der Waals surface area contributed by atoms with Crippen molar-refractivity contribution >= 4 is 44.0 Å². The number of hydrogen-bond donors (Lipinski definition) is 2. The fourth-order valence-corrected chi connectivity index (χ4v) is 4.67. The summed E-state index contributed by atoms with van der Waals surface area (Å²) < 4.78 is 37.4. The standard InChI is InChI=1S/C20H21ClN4O5S2/c1-29-16-8-3-13(11-17(16)30-2)12-19-24-25-20(31-19)23-18(26)9-10-22-32(27,28)15-6-4-14(21)5-7-15/h3-8,11,22H,9-10,12H2,1-2H3,(H,23,25,26). The van der Waals surface area contributed by atoms with E-state index in [9.17, 15) is 13.2 Å². The zero-order valence-electron chi connectivity index (χ0n) is 17.3. The van der Waals surface area contributed by atoms with Crippen LogP contribution in [0.2, 0.25) is 5.02 Å². The van der Waals surface area contributed by atoms with Crippen molar-refractivity contribution < 1.29 is 22.7 Å². The molecule has 3 aromatic rings. The zero-order valence-corrected chi connectivity index (χ0v) is 19.7. The van der Waals surface area contributed by atoms with E-state index in [-0.39, 0.29) is 23.8 Å². The number of hydrogen-bond acceptors (Lipinski definition) is 8. The summed E-state index contributed by atoms with van der Waals surface area (Å²) in [5.41, 5.74) is 0.952. The number of ether oxygens (including phenoxy) is 2. The van der Waals surface area contributed by atoms with E-state index >= 15 is 0 Å². The molecule has 170 valence electrons. The molecule has 0 saturated carbocycles. The summed E-state index contributed by atoms with van der Waals surface area (Å²) in [6.07, 6.45) is 0.451. The SMILES string of the molecule is COc1ccc(Cc2nnc(NC(=O)CCNS(=O)(=O)c3ccc(Cl)cc3)s2)cc1OC. The van der Waals surface area contributed by atoms with Crippen LogP contribution in [0.4, 0.5) is 5.13 Å². The van der Waals surface area contributed by atoms with E-state index in [1.54, 1.807) is 14.2 Å². The Balaban J connectivity index is 1.51. The van der Waals surface area contributed by atoms with Crippen molar-refractivity contribution in [2.45, 2.75) is 17.7 Å². The normalized spacial score (nSPS) is 11.2. The second-order valence-electron chi connectivity index (χ2n) is 6.52. The van der Waals surface area contributed by atoms with E-state index in [4.69, 9.17) is 21.1 Å². The Kier molecular flexibility index (Phi) is 8.02. The topological polar surface area (TPSA) is 120 Å². The van der Waals surface area contributed by atoms with Crippen molar-refractivity contribution in [1.29, 1.82) is 0 Å². The van der Waals surface area contributed by atoms with Gasteiger partial charge in [0.2, 0.25) is 21.1 Å². The molecule has 32 heavy (non-hydrogen) atoms. The summed E-state index contributed by atoms with van der Waals surface area (Å²) in [5.74, 6) is 0.870. The van der Waals surface area contributed by atoms with Gasteiger partial charge in [0.1, 0.15) is 5.01 Å². The van der Waals surface area contributed by atoms with Crippen LogP contribution >= 0.6 is 22.9 Å². The van der Waals surface area contributed by atoms with E-state index in [0.29, 0.717) is 33.1 Å². The first-order valence-corrected chi connectivity index (χ1v) is 12.1. The largest absolute Gasteiger partial charge is 0.493 e. The molecule has 3 rings (SSSR count). The number of carbonyl (C=O) groups is 1. The number of sulfonamides is 1. The molecule has 1 heterocycles. The third kappa shape index (κ3) is 6.39. The van der Waals surface area contributed by atoms with Crippen molar-refractivity contribution in [2.75, 3.05) is 26.1 Å². The molecule has 0 spiro atoms. The summed E-state index contributed by atoms with van der Waals surface area (Å²) in [6, 6.07) is 11.3. The number of nitrogens with zero attached hydrogens (tertiary/aromatic N) is 2. The van der Waals surface area contributed by atoms with Gasteiger partial charge >= 0.3 is 0 Å². The molecule has 0 aliphatic carbocycles. The predicted molar refractivity (Wildman–Crippen MR) is 122 cm³/mol. The van der Waals surface area contributed by atoms with Gasteiger partial charge in [-0.2, -0.15) is 0 Å². The van der Waals surface area contributed by atoms with Crippen LogP contribution in [0.15, 0.2) is 47.4 Å². The molecule has 2 aromatic carbocycles. The molecule has 0 aliphatic rings. The molecule has 0 saturated heterocycles. The number of carbonyl (C=O) groups excluding carboxylic acids is 1. The number of methoxy groups -OCH3 is 2. The minimum absolute atomic E-state index is 0.0581. The number of anilines is 1. The van der Waals surface area contributed by atoms with Gasteiger partial charge in [-0.05, 0) is 42.0 Å². The molecule has 0 unspecified atom stereocenters. The molecular formula is C20H21ClN4O5S2. The van der Waals surface area contributed by atoms with E-state index in [1.165, 1.54) is 35.6 Å². The van der Waals surface area contributed by atoms with Gasteiger partial charge in [-0.3, -0.25) is 4.79 Å². The lowest BCUT2D eigenvalue weighted by Crippen LogP contribution is -2.27. The van der Waals surface area contributed by atoms with Crippen LogP contribution in [-0.4, -0.2) is 45.3 Å². The van der Waals surface area contributed by atoms with Crippen LogP contribution in [0.3, 0.4) is 0 Å². The first-order chi connectivity index (χ1) is 15.3. The maximum Gasteiger partial charge on any atom is 0.240 e. The van der Waals surface area contributed by atoms with Gasteiger partial charge in [0.25, 0.3) is 0 Å². The predicted octanol–water partition coefficient (Wildman–Crippen LogP) is 3.11. The van der Waals surface area contributed by atoms with E-state index in [2.05, 4.69) is 20.2 Å². The van der Waals surface area contributed by atoms with Crippen LogP contribution in [0.1, 0.15) is 17.0 Å². The van der Waals surface area contributed by atoms with Gasteiger partial charge < -0.3 is 14.8 Å². The Morgan fingerprint density at radius 1 is 1.06 bits per heavy atom. The van der Waals surface area contributed by atoms with Gasteiger partial charge in [-0.25, -0.2) is 13.1 Å². The zero-order chi connectivity index (χ0) is 23.1. The lowest BCUT2D eigenvalue weighted by atomic mass is 10.1. The average molecular weight is 497 g/mol. The van der Waals surface area contributed by atoms with E-state index in [0.717, 1.165) is 5.56 Å². The lowest BCUT2D eigenvalue weighted by Gasteiger charge is -2.08. The summed E-state index contributed by atoms with van der Waals surface area (Å²) in [6.45, 7) is -0.0614. The molecule has 0 atom stereocenters. The van der Waals surface area contributed by atoms with Crippen LogP contribution in [0, 0.1) is 0 Å². The molecule has 0 radical (unpaired) electrons. The molecule has 0 bridgehead atoms. The number of amides is 1. The summed E-state index contributed by atoms with van der Waals surface area (Å²) in [4.78, 5) is 12.2. The van der Waals surface area contributed by atoms with E-state index < -0.39 is 10.0 Å². The highest BCUT2D eigenvalue weighted by Gasteiger charge is 2.15. The highest BCUT2D eigenvalue weighted by Crippen LogP contribution is 2.29. The lowest BCUT2D eigenvalue weighted by molar-refractivity contribution is -0.116. The van der Waals surface area contributed by atoms with E-state index in [1.807, 2.05) is 18.2 Å². The Labute approximate surface area is 194 Å². The van der Waals surface area contributed by atoms with Crippen LogP contribution in [0.5, 0.6) is 11.5 Å². The van der Waals surface area contributed by atoms with Crippen LogP contribution in [-0.2, 0) is 21.2 Å². The molecule has 9 nitrogen and oxygen atoms in total. The molecule has 2 N–H and O–H groups in total. The third-order valence-electron chi connectivity index (χ3n) is 4.28. The Hall–Kier alpha value is -2.73. The van der Waals surface area contributed by atoms with Gasteiger partial charge in [0.05, 0.1) is 19.1 Å². The molecule has 12 heteroatoms. The van der Waals surface area contributed by atoms with Crippen LogP contribution in [0.25, 0.3) is 0 Å². The monoisotopic (exact) mass is 496 g/mol. The molecule has 1 aromatic heterocycles. The number of aromatic nitrogens is 2. The third-order valence-corrected chi connectivity index (χ3v) is 6.85. The van der Waals surface area contributed by atoms with Crippen molar-refractivity contribution in [1.82, 2.24) is 14.9 Å². The van der Waals surface area contributed by atoms with Crippen molar-refractivity contribution in [3.63, 3.8) is 0 Å². The molecular weight excluding hydrogens is 476 g/mol. The maximum atomic E-state index is 12.2. The van der Waals surface area contributed by atoms with Crippen molar-refractivity contribution in [3.05, 3.63) is 58.1 Å². The number of rotatable bonds is 10. The smallest absolute Gasteiger partial charge is 0.240 e. The fourth-order valence-electron chi connectivity index (χ4n) is 2.72. The van der Waals surface area contributed by atoms with Gasteiger partial charge in [0.15, 0.2) is 11.5 Å². The van der Waals surface area contributed by atoms with Gasteiger partial charge in [-0.1, -0.05) is 29.0 Å².